The van der Waals surface area contributed by atoms with E-state index in [-0.39, 0.29) is 5.69 Å². The zero-order valence-corrected chi connectivity index (χ0v) is 15.4. The summed E-state index contributed by atoms with van der Waals surface area (Å²) in [6.07, 6.45) is 0.806. The van der Waals surface area contributed by atoms with E-state index in [9.17, 15) is 10.1 Å². The standard InChI is InChI=1S/C19H19N3O3S/c1-3-17-16(15-6-4-5-7-18(15)25-17)12-21(2)19(26)20-13-8-10-14(11-9-13)22(23)24/h4-11H,3,12H2,1-2H3,(H,20,26). The number of fused-ring (bicyclic) bond motifs is 1. The summed E-state index contributed by atoms with van der Waals surface area (Å²) in [5.74, 6) is 0.955. The van der Waals surface area contributed by atoms with Crippen molar-refractivity contribution in [3.8, 4) is 0 Å². The van der Waals surface area contributed by atoms with Gasteiger partial charge in [-0.2, -0.15) is 0 Å². The van der Waals surface area contributed by atoms with Gasteiger partial charge in [0.25, 0.3) is 5.69 Å². The fourth-order valence-corrected chi connectivity index (χ4v) is 2.99. The molecule has 0 aliphatic rings. The summed E-state index contributed by atoms with van der Waals surface area (Å²) in [6, 6.07) is 14.1. The first-order valence-electron chi connectivity index (χ1n) is 8.25. The molecule has 3 rings (SSSR count). The van der Waals surface area contributed by atoms with Gasteiger partial charge in [-0.1, -0.05) is 25.1 Å². The van der Waals surface area contributed by atoms with E-state index in [0.29, 0.717) is 17.3 Å². The minimum Gasteiger partial charge on any atom is -0.461 e. The number of hydrogen-bond acceptors (Lipinski definition) is 4. The number of hydrogen-bond donors (Lipinski definition) is 1. The zero-order valence-electron chi connectivity index (χ0n) is 14.6. The Morgan fingerprint density at radius 2 is 1.92 bits per heavy atom. The van der Waals surface area contributed by atoms with Gasteiger partial charge in [-0.15, -0.1) is 0 Å². The van der Waals surface area contributed by atoms with Crippen LogP contribution in [0.5, 0.6) is 0 Å². The van der Waals surface area contributed by atoms with E-state index in [1.807, 2.05) is 36.2 Å². The van der Waals surface area contributed by atoms with Crippen LogP contribution in [0.4, 0.5) is 11.4 Å². The summed E-state index contributed by atoms with van der Waals surface area (Å²) in [7, 11) is 1.90. The van der Waals surface area contributed by atoms with Gasteiger partial charge in [0.05, 0.1) is 4.92 Å². The second-order valence-electron chi connectivity index (χ2n) is 5.94. The molecule has 7 heteroatoms. The highest BCUT2D eigenvalue weighted by atomic mass is 32.1. The van der Waals surface area contributed by atoms with E-state index in [1.165, 1.54) is 12.1 Å². The van der Waals surface area contributed by atoms with Crippen LogP contribution in [-0.2, 0) is 13.0 Å². The molecule has 0 spiro atoms. The third-order valence-electron chi connectivity index (χ3n) is 4.17. The topological polar surface area (TPSA) is 71.5 Å². The number of para-hydroxylation sites is 1. The summed E-state index contributed by atoms with van der Waals surface area (Å²) < 4.78 is 5.93. The SMILES string of the molecule is CCc1oc2ccccc2c1CN(C)C(=S)Nc1ccc([N+](=O)[O-])cc1. The molecule has 1 aromatic heterocycles. The Bertz CT molecular complexity index is 950. The van der Waals surface area contributed by atoms with Crippen LogP contribution in [0.15, 0.2) is 52.9 Å². The Morgan fingerprint density at radius 3 is 2.58 bits per heavy atom. The molecule has 0 bridgehead atoms. The van der Waals surface area contributed by atoms with Crippen molar-refractivity contribution in [2.24, 2.45) is 0 Å². The molecule has 0 aliphatic heterocycles. The fraction of sp³-hybridized carbons (Fsp3) is 0.211. The smallest absolute Gasteiger partial charge is 0.269 e. The molecule has 6 nitrogen and oxygen atoms in total. The van der Waals surface area contributed by atoms with E-state index in [1.54, 1.807) is 12.1 Å². The van der Waals surface area contributed by atoms with Gasteiger partial charge in [0.2, 0.25) is 0 Å². The maximum Gasteiger partial charge on any atom is 0.269 e. The predicted octanol–water partition coefficient (Wildman–Crippen LogP) is 4.73. The normalized spacial score (nSPS) is 10.7. The first kappa shape index (κ1) is 17.9. The molecule has 0 saturated heterocycles. The van der Waals surface area contributed by atoms with Crippen molar-refractivity contribution in [3.05, 3.63) is 70.0 Å². The number of furan rings is 1. The number of rotatable bonds is 5. The molecule has 134 valence electrons. The Morgan fingerprint density at radius 1 is 1.23 bits per heavy atom. The van der Waals surface area contributed by atoms with Crippen molar-refractivity contribution in [1.29, 1.82) is 0 Å². The highest BCUT2D eigenvalue weighted by Crippen LogP contribution is 2.27. The molecule has 0 radical (unpaired) electrons. The summed E-state index contributed by atoms with van der Waals surface area (Å²) in [5.41, 5.74) is 2.76. The summed E-state index contributed by atoms with van der Waals surface area (Å²) in [5, 5.41) is 15.5. The van der Waals surface area contributed by atoms with E-state index in [0.717, 1.165) is 28.7 Å². The van der Waals surface area contributed by atoms with Crippen LogP contribution in [0.3, 0.4) is 0 Å². The van der Waals surface area contributed by atoms with E-state index >= 15 is 0 Å². The van der Waals surface area contributed by atoms with Crippen molar-refractivity contribution in [2.45, 2.75) is 19.9 Å². The van der Waals surface area contributed by atoms with Crippen LogP contribution in [0.2, 0.25) is 0 Å². The Labute approximate surface area is 156 Å². The molecule has 0 unspecified atom stereocenters. The predicted molar refractivity (Wildman–Crippen MR) is 106 cm³/mol. The second kappa shape index (κ2) is 7.53. The molecule has 0 aliphatic carbocycles. The van der Waals surface area contributed by atoms with Crippen molar-refractivity contribution in [2.75, 3.05) is 12.4 Å². The van der Waals surface area contributed by atoms with Crippen molar-refractivity contribution in [1.82, 2.24) is 4.90 Å². The lowest BCUT2D eigenvalue weighted by molar-refractivity contribution is -0.384. The zero-order chi connectivity index (χ0) is 18.7. The number of nitro benzene ring substituents is 1. The van der Waals surface area contributed by atoms with Gasteiger partial charge in [0.15, 0.2) is 5.11 Å². The minimum atomic E-state index is -0.426. The molecule has 3 aromatic rings. The fourth-order valence-electron chi connectivity index (χ4n) is 2.80. The van der Waals surface area contributed by atoms with Gasteiger partial charge in [0, 0.05) is 48.8 Å². The Balaban J connectivity index is 1.74. The number of nitrogens with zero attached hydrogens (tertiary/aromatic N) is 2. The van der Waals surface area contributed by atoms with Crippen molar-refractivity contribution >= 4 is 39.7 Å². The van der Waals surface area contributed by atoms with Crippen LogP contribution in [0.1, 0.15) is 18.2 Å². The number of thiocarbonyl (C=S) groups is 1. The van der Waals surface area contributed by atoms with Crippen molar-refractivity contribution in [3.63, 3.8) is 0 Å². The molecule has 0 atom stereocenters. The maximum atomic E-state index is 10.7. The third kappa shape index (κ3) is 3.67. The van der Waals surface area contributed by atoms with Gasteiger partial charge < -0.3 is 14.6 Å². The number of aryl methyl sites for hydroxylation is 1. The number of nitrogens with one attached hydrogen (secondary N) is 1. The maximum absolute atomic E-state index is 10.7. The van der Waals surface area contributed by atoms with Crippen LogP contribution < -0.4 is 5.32 Å². The minimum absolute atomic E-state index is 0.0484. The number of benzene rings is 2. The highest BCUT2D eigenvalue weighted by molar-refractivity contribution is 7.80. The first-order chi connectivity index (χ1) is 12.5. The molecule has 1 N–H and O–H groups in total. The van der Waals surface area contributed by atoms with Crippen LogP contribution in [-0.4, -0.2) is 22.0 Å². The lowest BCUT2D eigenvalue weighted by atomic mass is 10.1. The van der Waals surface area contributed by atoms with E-state index in [4.69, 9.17) is 16.6 Å². The molecule has 2 aromatic carbocycles. The van der Waals surface area contributed by atoms with Crippen LogP contribution in [0.25, 0.3) is 11.0 Å². The third-order valence-corrected chi connectivity index (χ3v) is 4.59. The molecular formula is C19H19N3O3S. The Kier molecular flexibility index (Phi) is 5.18. The molecular weight excluding hydrogens is 350 g/mol. The summed E-state index contributed by atoms with van der Waals surface area (Å²) in [4.78, 5) is 12.2. The lowest BCUT2D eigenvalue weighted by Gasteiger charge is -2.21. The Hall–Kier alpha value is -2.93. The molecule has 1 heterocycles. The second-order valence-corrected chi connectivity index (χ2v) is 6.33. The van der Waals surface area contributed by atoms with Gasteiger partial charge in [-0.3, -0.25) is 10.1 Å². The first-order valence-corrected chi connectivity index (χ1v) is 8.66. The molecule has 0 amide bonds. The van der Waals surface area contributed by atoms with Gasteiger partial charge >= 0.3 is 0 Å². The van der Waals surface area contributed by atoms with Crippen LogP contribution in [0, 0.1) is 10.1 Å². The number of anilines is 1. The van der Waals surface area contributed by atoms with E-state index in [2.05, 4.69) is 12.2 Å². The number of nitro groups is 1. The largest absolute Gasteiger partial charge is 0.461 e. The van der Waals surface area contributed by atoms with E-state index < -0.39 is 4.92 Å². The van der Waals surface area contributed by atoms with Gasteiger partial charge in [-0.25, -0.2) is 0 Å². The van der Waals surface area contributed by atoms with Crippen LogP contribution >= 0.6 is 12.2 Å². The molecule has 0 saturated carbocycles. The number of non-ortho nitro benzene ring substituents is 1. The molecule has 0 fully saturated rings. The van der Waals surface area contributed by atoms with Gasteiger partial charge in [-0.05, 0) is 30.4 Å². The average Bonchev–Trinajstić information content (AvgIpc) is 3.00. The summed E-state index contributed by atoms with van der Waals surface area (Å²) in [6.45, 7) is 2.67. The highest BCUT2D eigenvalue weighted by Gasteiger charge is 2.16. The quantitative estimate of drug-likeness (QED) is 0.398. The summed E-state index contributed by atoms with van der Waals surface area (Å²) >= 11 is 5.47. The molecule has 26 heavy (non-hydrogen) atoms. The monoisotopic (exact) mass is 369 g/mol. The lowest BCUT2D eigenvalue weighted by Crippen LogP contribution is -2.30. The average molecular weight is 369 g/mol. The van der Waals surface area contributed by atoms with Gasteiger partial charge in [0.1, 0.15) is 11.3 Å². The van der Waals surface area contributed by atoms with Crippen molar-refractivity contribution < 1.29 is 9.34 Å².